The van der Waals surface area contributed by atoms with Crippen molar-refractivity contribution in [2.24, 2.45) is 5.92 Å². The first-order valence-electron chi connectivity index (χ1n) is 8.41. The van der Waals surface area contributed by atoms with Crippen LogP contribution in [0.5, 0.6) is 0 Å². The smallest absolute Gasteiger partial charge is 0.308 e. The Balaban J connectivity index is 1.60. The number of carbonyl (C=O) groups is 2. The van der Waals surface area contributed by atoms with E-state index in [1.54, 1.807) is 4.90 Å². The van der Waals surface area contributed by atoms with Crippen molar-refractivity contribution in [1.82, 2.24) is 4.90 Å². The highest BCUT2D eigenvalue weighted by molar-refractivity contribution is 5.79. The van der Waals surface area contributed by atoms with Gasteiger partial charge in [0.1, 0.15) is 0 Å². The van der Waals surface area contributed by atoms with E-state index in [4.69, 9.17) is 5.11 Å². The summed E-state index contributed by atoms with van der Waals surface area (Å²) in [4.78, 5) is 27.4. The van der Waals surface area contributed by atoms with Crippen molar-refractivity contribution >= 4 is 17.6 Å². The van der Waals surface area contributed by atoms with Gasteiger partial charge in [0.05, 0.1) is 5.92 Å². The number of rotatable bonds is 4. The molecule has 5 heteroatoms. The molecule has 0 unspecified atom stereocenters. The summed E-state index contributed by atoms with van der Waals surface area (Å²) in [6.07, 6.45) is 3.22. The number of aliphatic carboxylic acids is 1. The van der Waals surface area contributed by atoms with E-state index in [1.165, 1.54) is 11.3 Å². The Hall–Kier alpha value is -2.04. The van der Waals surface area contributed by atoms with Crippen LogP contribution in [-0.2, 0) is 16.0 Å². The molecule has 0 saturated carbocycles. The molecule has 0 bridgehead atoms. The summed E-state index contributed by atoms with van der Waals surface area (Å²) in [5.74, 6) is -1.11. The molecule has 2 atom stereocenters. The molecule has 1 aromatic rings. The Bertz CT molecular complexity index is 602. The molecule has 1 N–H and O–H groups in total. The van der Waals surface area contributed by atoms with E-state index in [1.807, 2.05) is 6.07 Å². The van der Waals surface area contributed by atoms with Gasteiger partial charge in [0.2, 0.25) is 5.91 Å². The lowest BCUT2D eigenvalue weighted by molar-refractivity contribution is -0.141. The van der Waals surface area contributed by atoms with Crippen molar-refractivity contribution in [1.29, 1.82) is 0 Å². The highest BCUT2D eigenvalue weighted by Gasteiger charge is 2.31. The minimum atomic E-state index is -0.793. The van der Waals surface area contributed by atoms with Gasteiger partial charge in [-0.2, -0.15) is 0 Å². The second kappa shape index (κ2) is 6.60. The average molecular weight is 316 g/mol. The van der Waals surface area contributed by atoms with Gasteiger partial charge in [-0.3, -0.25) is 9.59 Å². The van der Waals surface area contributed by atoms with E-state index in [-0.39, 0.29) is 5.91 Å². The standard InChI is InChI=1S/C18H24N2O3/c1-13-6-7-14-4-2-3-5-16(14)20(13)11-9-17(21)19-10-8-15(12-19)18(22)23/h2-5,13,15H,6-12H2,1H3,(H,22,23)/t13-,15-/m1/s1. The zero-order valence-corrected chi connectivity index (χ0v) is 13.6. The van der Waals surface area contributed by atoms with Crippen LogP contribution in [0.2, 0.25) is 0 Å². The predicted molar refractivity (Wildman–Crippen MR) is 88.5 cm³/mol. The highest BCUT2D eigenvalue weighted by Crippen LogP contribution is 2.30. The number of fused-ring (bicyclic) bond motifs is 1. The largest absolute Gasteiger partial charge is 0.481 e. The van der Waals surface area contributed by atoms with Gasteiger partial charge in [0, 0.05) is 37.8 Å². The minimum Gasteiger partial charge on any atom is -0.481 e. The lowest BCUT2D eigenvalue weighted by Gasteiger charge is -2.37. The maximum absolute atomic E-state index is 12.4. The molecule has 2 aliphatic rings. The predicted octanol–water partition coefficient (Wildman–Crippen LogP) is 2.15. The van der Waals surface area contributed by atoms with Crippen LogP contribution in [0, 0.1) is 5.92 Å². The fourth-order valence-corrected chi connectivity index (χ4v) is 3.66. The number of carboxylic acid groups (broad SMARTS) is 1. The van der Waals surface area contributed by atoms with Crippen LogP contribution in [0.15, 0.2) is 24.3 Å². The fraction of sp³-hybridized carbons (Fsp3) is 0.556. The molecule has 3 rings (SSSR count). The van der Waals surface area contributed by atoms with Crippen LogP contribution in [0.1, 0.15) is 31.7 Å². The van der Waals surface area contributed by atoms with Crippen molar-refractivity contribution < 1.29 is 14.7 Å². The lowest BCUT2D eigenvalue weighted by atomic mass is 9.96. The quantitative estimate of drug-likeness (QED) is 0.924. The van der Waals surface area contributed by atoms with Gasteiger partial charge >= 0.3 is 5.97 Å². The summed E-state index contributed by atoms with van der Waals surface area (Å²) in [7, 11) is 0. The molecule has 1 fully saturated rings. The molecule has 1 amide bonds. The second-order valence-corrected chi connectivity index (χ2v) is 6.62. The molecular formula is C18H24N2O3. The number of carbonyl (C=O) groups excluding carboxylic acids is 1. The molecule has 0 spiro atoms. The van der Waals surface area contributed by atoms with Gasteiger partial charge in [0.15, 0.2) is 0 Å². The van der Waals surface area contributed by atoms with Gasteiger partial charge < -0.3 is 14.9 Å². The summed E-state index contributed by atoms with van der Waals surface area (Å²) in [5.41, 5.74) is 2.59. The first kappa shape index (κ1) is 15.8. The van der Waals surface area contributed by atoms with Crippen LogP contribution in [-0.4, -0.2) is 47.6 Å². The summed E-state index contributed by atoms with van der Waals surface area (Å²) in [5, 5.41) is 9.04. The van der Waals surface area contributed by atoms with Gasteiger partial charge in [-0.05, 0) is 37.8 Å². The van der Waals surface area contributed by atoms with Crippen LogP contribution < -0.4 is 4.90 Å². The molecule has 2 heterocycles. The number of anilines is 1. The zero-order valence-electron chi connectivity index (χ0n) is 13.6. The number of carboxylic acids is 1. The Morgan fingerprint density at radius 3 is 2.78 bits per heavy atom. The molecule has 0 aliphatic carbocycles. The molecule has 1 saturated heterocycles. The molecule has 0 radical (unpaired) electrons. The zero-order chi connectivity index (χ0) is 16.4. The number of benzene rings is 1. The average Bonchev–Trinajstić information content (AvgIpc) is 3.04. The number of nitrogens with zero attached hydrogens (tertiary/aromatic N) is 2. The maximum atomic E-state index is 12.4. The topological polar surface area (TPSA) is 60.9 Å². The molecule has 23 heavy (non-hydrogen) atoms. The van der Waals surface area contributed by atoms with E-state index in [9.17, 15) is 9.59 Å². The van der Waals surface area contributed by atoms with Crippen molar-refractivity contribution in [3.8, 4) is 0 Å². The Labute approximate surface area is 136 Å². The van der Waals surface area contributed by atoms with Crippen LogP contribution >= 0.6 is 0 Å². The summed E-state index contributed by atoms with van der Waals surface area (Å²) >= 11 is 0. The van der Waals surface area contributed by atoms with E-state index in [2.05, 4.69) is 30.0 Å². The number of para-hydroxylation sites is 1. The first-order chi connectivity index (χ1) is 11.1. The summed E-state index contributed by atoms with van der Waals surface area (Å²) in [6, 6.07) is 8.83. The SMILES string of the molecule is C[C@@H]1CCc2ccccc2N1CCC(=O)N1CC[C@@H](C(=O)O)C1. The highest BCUT2D eigenvalue weighted by atomic mass is 16.4. The van der Waals surface area contributed by atoms with Crippen molar-refractivity contribution in [2.45, 2.75) is 38.6 Å². The number of hydrogen-bond acceptors (Lipinski definition) is 3. The third-order valence-electron chi connectivity index (χ3n) is 5.12. The van der Waals surface area contributed by atoms with Gasteiger partial charge in [0.25, 0.3) is 0 Å². The van der Waals surface area contributed by atoms with Crippen LogP contribution in [0.4, 0.5) is 5.69 Å². The molecule has 124 valence electrons. The Kier molecular flexibility index (Phi) is 4.55. The van der Waals surface area contributed by atoms with Gasteiger partial charge in [-0.15, -0.1) is 0 Å². The van der Waals surface area contributed by atoms with Crippen molar-refractivity contribution in [2.75, 3.05) is 24.5 Å². The van der Waals surface area contributed by atoms with E-state index >= 15 is 0 Å². The van der Waals surface area contributed by atoms with Gasteiger partial charge in [-0.1, -0.05) is 18.2 Å². The fourth-order valence-electron chi connectivity index (χ4n) is 3.66. The monoisotopic (exact) mass is 316 g/mol. The normalized spacial score (nSPS) is 23.7. The number of likely N-dealkylation sites (tertiary alicyclic amines) is 1. The second-order valence-electron chi connectivity index (χ2n) is 6.62. The Morgan fingerprint density at radius 2 is 2.04 bits per heavy atom. The van der Waals surface area contributed by atoms with Crippen molar-refractivity contribution in [3.05, 3.63) is 29.8 Å². The van der Waals surface area contributed by atoms with Crippen LogP contribution in [0.25, 0.3) is 0 Å². The summed E-state index contributed by atoms with van der Waals surface area (Å²) < 4.78 is 0. The van der Waals surface area contributed by atoms with Crippen molar-refractivity contribution in [3.63, 3.8) is 0 Å². The molecule has 0 aromatic heterocycles. The lowest BCUT2D eigenvalue weighted by Crippen LogP contribution is -2.40. The summed E-state index contributed by atoms with van der Waals surface area (Å²) in [6.45, 7) is 3.84. The Morgan fingerprint density at radius 1 is 1.26 bits per heavy atom. The van der Waals surface area contributed by atoms with Gasteiger partial charge in [-0.25, -0.2) is 0 Å². The first-order valence-corrected chi connectivity index (χ1v) is 8.41. The molecule has 2 aliphatic heterocycles. The molecule has 1 aromatic carbocycles. The van der Waals surface area contributed by atoms with E-state index in [0.717, 1.165) is 12.8 Å². The number of hydrogen-bond donors (Lipinski definition) is 1. The minimum absolute atomic E-state index is 0.0732. The molecular weight excluding hydrogens is 292 g/mol. The maximum Gasteiger partial charge on any atom is 0.308 e. The third kappa shape index (κ3) is 3.33. The number of aryl methyl sites for hydroxylation is 1. The third-order valence-corrected chi connectivity index (χ3v) is 5.12. The van der Waals surface area contributed by atoms with E-state index < -0.39 is 11.9 Å². The van der Waals surface area contributed by atoms with E-state index in [0.29, 0.717) is 38.5 Å². The van der Waals surface area contributed by atoms with Crippen LogP contribution in [0.3, 0.4) is 0 Å². The number of amides is 1. The molecule has 5 nitrogen and oxygen atoms in total.